The molecule has 132 valence electrons. The summed E-state index contributed by atoms with van der Waals surface area (Å²) in [6.45, 7) is 3.86. The number of nitrogens with zero attached hydrogens (tertiary/aromatic N) is 1. The van der Waals surface area contributed by atoms with Crippen LogP contribution in [0.3, 0.4) is 0 Å². The van der Waals surface area contributed by atoms with Gasteiger partial charge in [-0.05, 0) is 43.3 Å². The summed E-state index contributed by atoms with van der Waals surface area (Å²) in [6, 6.07) is 14.3. The highest BCUT2D eigenvalue weighted by Gasteiger charge is 2.24. The van der Waals surface area contributed by atoms with Gasteiger partial charge in [0.15, 0.2) is 5.70 Å². The van der Waals surface area contributed by atoms with Gasteiger partial charge in [-0.3, -0.25) is 4.79 Å². The Morgan fingerprint density at radius 3 is 2.62 bits per heavy atom. The van der Waals surface area contributed by atoms with Gasteiger partial charge >= 0.3 is 5.97 Å². The number of hydrogen-bond acceptors (Lipinski definition) is 5. The molecule has 1 aliphatic heterocycles. The fourth-order valence-electron chi connectivity index (χ4n) is 2.47. The van der Waals surface area contributed by atoms with E-state index in [-0.39, 0.29) is 17.5 Å². The standard InChI is InChI=1S/C20H18N2O4/c1-3-25-18-7-5-4-6-15(18)12-17-20(24)26-19(22-17)14-8-10-16(11-9-14)21-13(2)23/h4-12H,3H2,1-2H3,(H,21,23)/b17-12-. The van der Waals surface area contributed by atoms with Crippen molar-refractivity contribution in [3.8, 4) is 5.75 Å². The zero-order valence-corrected chi connectivity index (χ0v) is 14.5. The third-order valence-corrected chi connectivity index (χ3v) is 3.58. The maximum absolute atomic E-state index is 12.1. The molecule has 1 heterocycles. The fraction of sp³-hybridized carbons (Fsp3) is 0.150. The van der Waals surface area contributed by atoms with Gasteiger partial charge in [-0.15, -0.1) is 0 Å². The molecule has 3 rings (SSSR count). The third kappa shape index (κ3) is 3.97. The number of carbonyl (C=O) groups excluding carboxylic acids is 2. The molecular weight excluding hydrogens is 332 g/mol. The first-order valence-corrected chi connectivity index (χ1v) is 8.19. The minimum Gasteiger partial charge on any atom is -0.493 e. The number of anilines is 1. The number of para-hydroxylation sites is 1. The van der Waals surface area contributed by atoms with Gasteiger partial charge in [0.05, 0.1) is 6.61 Å². The first kappa shape index (κ1) is 17.4. The van der Waals surface area contributed by atoms with E-state index >= 15 is 0 Å². The van der Waals surface area contributed by atoms with Crippen LogP contribution in [0, 0.1) is 0 Å². The van der Waals surface area contributed by atoms with Crippen LogP contribution in [-0.4, -0.2) is 24.4 Å². The summed E-state index contributed by atoms with van der Waals surface area (Å²) in [5, 5.41) is 2.68. The highest BCUT2D eigenvalue weighted by Crippen LogP contribution is 2.25. The molecule has 0 fully saturated rings. The highest BCUT2D eigenvalue weighted by atomic mass is 16.6. The quantitative estimate of drug-likeness (QED) is 0.662. The Morgan fingerprint density at radius 1 is 1.19 bits per heavy atom. The molecule has 1 aliphatic rings. The summed E-state index contributed by atoms with van der Waals surface area (Å²) in [5.74, 6) is 0.237. The van der Waals surface area contributed by atoms with Gasteiger partial charge in [0.1, 0.15) is 5.75 Å². The molecule has 0 atom stereocenters. The highest BCUT2D eigenvalue weighted by molar-refractivity contribution is 6.13. The molecule has 26 heavy (non-hydrogen) atoms. The van der Waals surface area contributed by atoms with Crippen LogP contribution in [0.25, 0.3) is 6.08 Å². The van der Waals surface area contributed by atoms with E-state index in [9.17, 15) is 9.59 Å². The van der Waals surface area contributed by atoms with Gasteiger partial charge in [-0.2, -0.15) is 0 Å². The average Bonchev–Trinajstić information content (AvgIpc) is 2.98. The number of hydrogen-bond donors (Lipinski definition) is 1. The number of aliphatic imine (C=N–C) groups is 1. The molecule has 0 radical (unpaired) electrons. The molecule has 0 saturated heterocycles. The maximum Gasteiger partial charge on any atom is 0.363 e. The summed E-state index contributed by atoms with van der Waals surface area (Å²) < 4.78 is 10.8. The summed E-state index contributed by atoms with van der Waals surface area (Å²) in [4.78, 5) is 27.5. The molecule has 0 saturated carbocycles. The van der Waals surface area contributed by atoms with Crippen molar-refractivity contribution in [1.82, 2.24) is 0 Å². The molecule has 0 bridgehead atoms. The van der Waals surface area contributed by atoms with Crippen LogP contribution in [-0.2, 0) is 14.3 Å². The van der Waals surface area contributed by atoms with Crippen LogP contribution in [0.15, 0.2) is 59.2 Å². The second kappa shape index (κ2) is 7.65. The number of nitrogens with one attached hydrogen (secondary N) is 1. The first-order chi connectivity index (χ1) is 12.6. The minimum atomic E-state index is -0.516. The van der Waals surface area contributed by atoms with Gasteiger partial charge in [0.25, 0.3) is 0 Å². The van der Waals surface area contributed by atoms with Crippen molar-refractivity contribution in [2.75, 3.05) is 11.9 Å². The smallest absolute Gasteiger partial charge is 0.363 e. The largest absolute Gasteiger partial charge is 0.493 e. The lowest BCUT2D eigenvalue weighted by molar-refractivity contribution is -0.129. The topological polar surface area (TPSA) is 77.0 Å². The maximum atomic E-state index is 12.1. The molecule has 0 aromatic heterocycles. The Kier molecular flexibility index (Phi) is 5.12. The molecule has 1 amide bonds. The van der Waals surface area contributed by atoms with E-state index in [2.05, 4.69) is 10.3 Å². The Hall–Kier alpha value is -3.41. The van der Waals surface area contributed by atoms with Gasteiger partial charge in [-0.1, -0.05) is 18.2 Å². The lowest BCUT2D eigenvalue weighted by Gasteiger charge is -2.06. The van der Waals surface area contributed by atoms with Gasteiger partial charge < -0.3 is 14.8 Å². The summed E-state index contributed by atoms with van der Waals surface area (Å²) in [6.07, 6.45) is 1.64. The zero-order valence-electron chi connectivity index (χ0n) is 14.5. The van der Waals surface area contributed by atoms with Crippen LogP contribution in [0.4, 0.5) is 5.69 Å². The average molecular weight is 350 g/mol. The number of esters is 1. The van der Waals surface area contributed by atoms with Crippen molar-refractivity contribution in [2.45, 2.75) is 13.8 Å². The third-order valence-electron chi connectivity index (χ3n) is 3.58. The molecule has 0 unspecified atom stereocenters. The predicted molar refractivity (Wildman–Crippen MR) is 99.0 cm³/mol. The van der Waals surface area contributed by atoms with Crippen molar-refractivity contribution < 1.29 is 19.1 Å². The van der Waals surface area contributed by atoms with Crippen molar-refractivity contribution in [3.05, 3.63) is 65.4 Å². The number of benzene rings is 2. The fourth-order valence-corrected chi connectivity index (χ4v) is 2.47. The Labute approximate surface area is 151 Å². The van der Waals surface area contributed by atoms with Gasteiger partial charge in [0, 0.05) is 23.7 Å². The number of carbonyl (C=O) groups is 2. The van der Waals surface area contributed by atoms with Crippen LogP contribution >= 0.6 is 0 Å². The predicted octanol–water partition coefficient (Wildman–Crippen LogP) is 3.39. The Bertz CT molecular complexity index is 898. The first-order valence-electron chi connectivity index (χ1n) is 8.19. The zero-order chi connectivity index (χ0) is 18.5. The number of cyclic esters (lactones) is 1. The molecule has 0 aliphatic carbocycles. The normalized spacial score (nSPS) is 14.8. The molecule has 2 aromatic rings. The van der Waals surface area contributed by atoms with E-state index in [0.717, 1.165) is 5.56 Å². The molecule has 6 heteroatoms. The second-order valence-electron chi connectivity index (χ2n) is 5.57. The Balaban J connectivity index is 1.86. The summed E-state index contributed by atoms with van der Waals surface area (Å²) in [7, 11) is 0. The van der Waals surface area contributed by atoms with Crippen molar-refractivity contribution in [1.29, 1.82) is 0 Å². The molecule has 0 spiro atoms. The monoisotopic (exact) mass is 350 g/mol. The van der Waals surface area contributed by atoms with E-state index in [1.54, 1.807) is 30.3 Å². The molecular formula is C20H18N2O4. The van der Waals surface area contributed by atoms with Crippen LogP contribution in [0.5, 0.6) is 5.75 Å². The number of ether oxygens (including phenoxy) is 2. The number of rotatable bonds is 5. The minimum absolute atomic E-state index is 0.152. The lowest BCUT2D eigenvalue weighted by atomic mass is 10.1. The van der Waals surface area contributed by atoms with Crippen LogP contribution < -0.4 is 10.1 Å². The molecule has 2 aromatic carbocycles. The molecule has 1 N–H and O–H groups in total. The SMILES string of the molecule is CCOc1ccccc1/C=C1\N=C(c2ccc(NC(C)=O)cc2)OC1=O. The molecule has 6 nitrogen and oxygen atoms in total. The van der Waals surface area contributed by atoms with Crippen LogP contribution in [0.2, 0.25) is 0 Å². The van der Waals surface area contributed by atoms with Crippen molar-refractivity contribution in [3.63, 3.8) is 0 Å². The van der Waals surface area contributed by atoms with Gasteiger partial charge in [-0.25, -0.2) is 9.79 Å². The van der Waals surface area contributed by atoms with Crippen molar-refractivity contribution >= 4 is 29.5 Å². The summed E-state index contributed by atoms with van der Waals surface area (Å²) in [5.41, 5.74) is 2.27. The summed E-state index contributed by atoms with van der Waals surface area (Å²) >= 11 is 0. The lowest BCUT2D eigenvalue weighted by Crippen LogP contribution is -2.07. The van der Waals surface area contributed by atoms with Crippen LogP contribution in [0.1, 0.15) is 25.0 Å². The van der Waals surface area contributed by atoms with E-state index in [0.29, 0.717) is 23.6 Å². The van der Waals surface area contributed by atoms with Gasteiger partial charge in [0.2, 0.25) is 11.8 Å². The van der Waals surface area contributed by atoms with E-state index in [1.807, 2.05) is 31.2 Å². The van der Waals surface area contributed by atoms with E-state index in [1.165, 1.54) is 6.92 Å². The Morgan fingerprint density at radius 2 is 1.92 bits per heavy atom. The van der Waals surface area contributed by atoms with Crippen molar-refractivity contribution in [2.24, 2.45) is 4.99 Å². The second-order valence-corrected chi connectivity index (χ2v) is 5.57. The number of amides is 1. The van der Waals surface area contributed by atoms with E-state index < -0.39 is 5.97 Å². The van der Waals surface area contributed by atoms with E-state index in [4.69, 9.17) is 9.47 Å².